The molecule has 0 radical (unpaired) electrons. The summed E-state index contributed by atoms with van der Waals surface area (Å²) in [5, 5.41) is 2.66. The monoisotopic (exact) mass is 344 g/mol. The van der Waals surface area contributed by atoms with E-state index in [1.807, 2.05) is 13.8 Å². The van der Waals surface area contributed by atoms with E-state index in [1.165, 1.54) is 6.07 Å². The first-order valence-corrected chi connectivity index (χ1v) is 8.04. The molecule has 0 saturated heterocycles. The number of ether oxygens (including phenoxy) is 1. The Morgan fingerprint density at radius 3 is 2.65 bits per heavy atom. The molecule has 2 atom stereocenters. The van der Waals surface area contributed by atoms with E-state index in [9.17, 15) is 9.18 Å². The molecule has 2 rings (SSSR count). The summed E-state index contributed by atoms with van der Waals surface area (Å²) in [6.45, 7) is 3.90. The first-order valence-electron chi connectivity index (χ1n) is 8.04. The van der Waals surface area contributed by atoms with Gasteiger partial charge in [-0.3, -0.25) is 4.79 Å². The average Bonchev–Trinajstić information content (AvgIpc) is 3.01. The van der Waals surface area contributed by atoms with Crippen LogP contribution in [0.2, 0.25) is 0 Å². The maximum atomic E-state index is 14.1. The van der Waals surface area contributed by atoms with Crippen LogP contribution in [0.15, 0.2) is 18.2 Å². The van der Waals surface area contributed by atoms with Crippen LogP contribution >= 0.6 is 12.4 Å². The highest BCUT2D eigenvalue weighted by Gasteiger charge is 2.21. The fourth-order valence-corrected chi connectivity index (χ4v) is 2.60. The molecule has 1 aliphatic rings. The summed E-state index contributed by atoms with van der Waals surface area (Å²) in [5.41, 5.74) is 6.27. The molecular formula is C17H26ClFN2O2. The number of nitrogens with two attached hydrogens (primary N) is 1. The lowest BCUT2D eigenvalue weighted by molar-refractivity contribution is -0.118. The molecule has 23 heavy (non-hydrogen) atoms. The van der Waals surface area contributed by atoms with Crippen molar-refractivity contribution in [1.29, 1.82) is 0 Å². The van der Waals surface area contributed by atoms with E-state index in [1.54, 1.807) is 12.1 Å². The molecule has 4 nitrogen and oxygen atoms in total. The molecule has 1 saturated carbocycles. The highest BCUT2D eigenvalue weighted by atomic mass is 35.5. The van der Waals surface area contributed by atoms with Crippen molar-refractivity contribution in [3.63, 3.8) is 0 Å². The summed E-state index contributed by atoms with van der Waals surface area (Å²) >= 11 is 0. The number of nitrogens with one attached hydrogen (secondary N) is 1. The Balaban J connectivity index is 0.00000264. The van der Waals surface area contributed by atoms with E-state index in [0.29, 0.717) is 5.69 Å². The third-order valence-electron chi connectivity index (χ3n) is 4.36. The van der Waals surface area contributed by atoms with Crippen molar-refractivity contribution in [3.05, 3.63) is 24.0 Å². The van der Waals surface area contributed by atoms with Gasteiger partial charge in [-0.1, -0.05) is 20.3 Å². The molecule has 1 aromatic rings. The molecule has 130 valence electrons. The zero-order chi connectivity index (χ0) is 16.1. The summed E-state index contributed by atoms with van der Waals surface area (Å²) in [6.07, 6.45) is 5.14. The third-order valence-corrected chi connectivity index (χ3v) is 4.36. The van der Waals surface area contributed by atoms with Crippen LogP contribution in [0.25, 0.3) is 0 Å². The van der Waals surface area contributed by atoms with Gasteiger partial charge in [-0.2, -0.15) is 0 Å². The van der Waals surface area contributed by atoms with Crippen molar-refractivity contribution < 1.29 is 13.9 Å². The van der Waals surface area contributed by atoms with Crippen LogP contribution in [0, 0.1) is 11.7 Å². The molecule has 0 aliphatic heterocycles. The number of halogens is 2. The fraction of sp³-hybridized carbons (Fsp3) is 0.588. The molecule has 1 fully saturated rings. The van der Waals surface area contributed by atoms with Gasteiger partial charge < -0.3 is 15.8 Å². The molecule has 6 heteroatoms. The molecular weight excluding hydrogens is 319 g/mol. The smallest absolute Gasteiger partial charge is 0.241 e. The largest absolute Gasteiger partial charge is 0.487 e. The molecule has 0 heterocycles. The van der Waals surface area contributed by atoms with Crippen LogP contribution in [-0.2, 0) is 4.79 Å². The highest BCUT2D eigenvalue weighted by Crippen LogP contribution is 2.27. The van der Waals surface area contributed by atoms with E-state index >= 15 is 0 Å². The molecule has 3 N–H and O–H groups in total. The van der Waals surface area contributed by atoms with Crippen molar-refractivity contribution in [1.82, 2.24) is 0 Å². The lowest BCUT2D eigenvalue weighted by atomic mass is 9.99. The number of benzene rings is 1. The fourth-order valence-electron chi connectivity index (χ4n) is 2.60. The van der Waals surface area contributed by atoms with Crippen LogP contribution in [0.5, 0.6) is 5.75 Å². The van der Waals surface area contributed by atoms with E-state index in [2.05, 4.69) is 5.32 Å². The lowest BCUT2D eigenvalue weighted by Gasteiger charge is -2.18. The number of hydrogen-bond donors (Lipinski definition) is 2. The van der Waals surface area contributed by atoms with Crippen LogP contribution in [0.1, 0.15) is 46.0 Å². The van der Waals surface area contributed by atoms with Gasteiger partial charge in [0.1, 0.15) is 0 Å². The molecule has 1 amide bonds. The second kappa shape index (κ2) is 9.08. The second-order valence-electron chi connectivity index (χ2n) is 6.07. The predicted molar refractivity (Wildman–Crippen MR) is 92.6 cm³/mol. The molecule has 0 bridgehead atoms. The molecule has 1 aliphatic carbocycles. The van der Waals surface area contributed by atoms with Crippen molar-refractivity contribution in [2.45, 2.75) is 58.1 Å². The third kappa shape index (κ3) is 5.36. The Labute approximate surface area is 143 Å². The maximum absolute atomic E-state index is 14.1. The van der Waals surface area contributed by atoms with Gasteiger partial charge in [0.25, 0.3) is 0 Å². The van der Waals surface area contributed by atoms with Crippen molar-refractivity contribution in [2.75, 3.05) is 5.32 Å². The zero-order valence-corrected chi connectivity index (χ0v) is 14.5. The minimum atomic E-state index is -0.595. The van der Waals surface area contributed by atoms with Crippen LogP contribution in [0.4, 0.5) is 10.1 Å². The van der Waals surface area contributed by atoms with Crippen molar-refractivity contribution in [3.8, 4) is 5.75 Å². The van der Waals surface area contributed by atoms with Gasteiger partial charge >= 0.3 is 0 Å². The molecule has 2 unspecified atom stereocenters. The number of carbonyl (C=O) groups excluding carboxylic acids is 1. The zero-order valence-electron chi connectivity index (χ0n) is 13.7. The highest BCUT2D eigenvalue weighted by molar-refractivity contribution is 5.94. The standard InChI is InChI=1S/C17H25FN2O2.ClH/c1-3-11(2)16(19)17(21)20-12-8-9-15(14(18)10-12)22-13-6-4-5-7-13;/h8-11,13,16H,3-7,19H2,1-2H3,(H,20,21);1H. The molecule has 0 spiro atoms. The molecule has 1 aromatic carbocycles. The summed E-state index contributed by atoms with van der Waals surface area (Å²) < 4.78 is 19.7. The summed E-state index contributed by atoms with van der Waals surface area (Å²) in [7, 11) is 0. The van der Waals surface area contributed by atoms with Gasteiger partial charge in [0.15, 0.2) is 11.6 Å². The van der Waals surface area contributed by atoms with E-state index in [-0.39, 0.29) is 36.1 Å². The minimum Gasteiger partial charge on any atom is -0.487 e. The first kappa shape index (κ1) is 19.7. The predicted octanol–water partition coefficient (Wildman–Crippen LogP) is 3.88. The maximum Gasteiger partial charge on any atom is 0.241 e. The molecule has 0 aromatic heterocycles. The van der Waals surface area contributed by atoms with E-state index in [4.69, 9.17) is 10.5 Å². The quantitative estimate of drug-likeness (QED) is 0.823. The van der Waals surface area contributed by atoms with Crippen molar-refractivity contribution in [2.24, 2.45) is 11.7 Å². The van der Waals surface area contributed by atoms with Gasteiger partial charge in [-0.05, 0) is 43.7 Å². The average molecular weight is 345 g/mol. The summed E-state index contributed by atoms with van der Waals surface area (Å²) in [5.74, 6) is -0.425. The van der Waals surface area contributed by atoms with Gasteiger partial charge in [0.2, 0.25) is 5.91 Å². The van der Waals surface area contributed by atoms with Crippen molar-refractivity contribution >= 4 is 24.0 Å². The summed E-state index contributed by atoms with van der Waals surface area (Å²) in [6, 6.07) is 3.90. The SMILES string of the molecule is CCC(C)C(N)C(=O)Nc1ccc(OC2CCCC2)c(F)c1.Cl. The van der Waals surface area contributed by atoms with Crippen LogP contribution in [0.3, 0.4) is 0 Å². The minimum absolute atomic E-state index is 0. The van der Waals surface area contributed by atoms with Crippen LogP contribution < -0.4 is 15.8 Å². The first-order chi connectivity index (χ1) is 10.5. The lowest BCUT2D eigenvalue weighted by Crippen LogP contribution is -2.40. The Morgan fingerprint density at radius 1 is 1.43 bits per heavy atom. The van der Waals surface area contributed by atoms with Crippen LogP contribution in [-0.4, -0.2) is 18.1 Å². The Bertz CT molecular complexity index is 521. The van der Waals surface area contributed by atoms with E-state index in [0.717, 1.165) is 32.1 Å². The second-order valence-corrected chi connectivity index (χ2v) is 6.07. The van der Waals surface area contributed by atoms with Gasteiger partial charge in [-0.25, -0.2) is 4.39 Å². The summed E-state index contributed by atoms with van der Waals surface area (Å²) in [4.78, 5) is 12.0. The Kier molecular flexibility index (Phi) is 7.79. The number of anilines is 1. The van der Waals surface area contributed by atoms with Gasteiger partial charge in [-0.15, -0.1) is 12.4 Å². The van der Waals surface area contributed by atoms with Gasteiger partial charge in [0.05, 0.1) is 12.1 Å². The Hall–Kier alpha value is -1.33. The number of rotatable bonds is 6. The topological polar surface area (TPSA) is 64.4 Å². The van der Waals surface area contributed by atoms with Gasteiger partial charge in [0, 0.05) is 11.8 Å². The number of hydrogen-bond acceptors (Lipinski definition) is 3. The number of amides is 1. The number of carbonyl (C=O) groups is 1. The van der Waals surface area contributed by atoms with E-state index < -0.39 is 11.9 Å². The Morgan fingerprint density at radius 2 is 2.09 bits per heavy atom. The normalized spacial score (nSPS) is 17.2.